The third kappa shape index (κ3) is 5.19. The highest BCUT2D eigenvalue weighted by molar-refractivity contribution is 5.85. The van der Waals surface area contributed by atoms with Crippen LogP contribution >= 0.6 is 24.8 Å². The van der Waals surface area contributed by atoms with Crippen molar-refractivity contribution < 1.29 is 4.79 Å². The van der Waals surface area contributed by atoms with Gasteiger partial charge in [-0.3, -0.25) is 4.79 Å². The molecule has 1 amide bonds. The molecule has 1 aliphatic rings. The second-order valence-electron chi connectivity index (χ2n) is 7.26. The Balaban J connectivity index is 0.00000196. The van der Waals surface area contributed by atoms with Gasteiger partial charge in [0.1, 0.15) is 0 Å². The molecule has 1 saturated heterocycles. The third-order valence-corrected chi connectivity index (χ3v) is 5.62. The van der Waals surface area contributed by atoms with Crippen molar-refractivity contribution in [3.63, 3.8) is 0 Å². The van der Waals surface area contributed by atoms with Gasteiger partial charge in [0, 0.05) is 37.9 Å². The van der Waals surface area contributed by atoms with Crippen molar-refractivity contribution in [2.75, 3.05) is 31.1 Å². The van der Waals surface area contributed by atoms with E-state index in [2.05, 4.69) is 36.9 Å². The molecule has 0 bridgehead atoms. The summed E-state index contributed by atoms with van der Waals surface area (Å²) in [5, 5.41) is 0. The highest BCUT2D eigenvalue weighted by atomic mass is 35.5. The number of nitrogens with two attached hydrogens (primary N) is 1. The fraction of sp³-hybridized carbons (Fsp3) is 0.409. The van der Waals surface area contributed by atoms with Crippen LogP contribution in [0.4, 0.5) is 5.69 Å². The summed E-state index contributed by atoms with van der Waals surface area (Å²) >= 11 is 0. The van der Waals surface area contributed by atoms with E-state index in [-0.39, 0.29) is 42.7 Å². The average Bonchev–Trinajstić information content (AvgIpc) is 2.69. The number of rotatable bonds is 4. The Bertz CT molecular complexity index is 762. The molecule has 0 spiro atoms. The topological polar surface area (TPSA) is 49.6 Å². The van der Waals surface area contributed by atoms with Gasteiger partial charge in [-0.2, -0.15) is 0 Å². The van der Waals surface area contributed by atoms with Crippen molar-refractivity contribution in [2.45, 2.75) is 26.8 Å². The molecule has 2 aromatic rings. The van der Waals surface area contributed by atoms with Gasteiger partial charge in [0.15, 0.2) is 0 Å². The number of piperazine rings is 1. The molecule has 0 saturated carbocycles. The Kier molecular flexibility index (Phi) is 9.28. The number of carbonyl (C=O) groups is 1. The number of hydrogen-bond donors (Lipinski definition) is 1. The minimum Gasteiger partial charge on any atom is -0.368 e. The number of aryl methyl sites for hydroxylation is 1. The first-order valence-corrected chi connectivity index (χ1v) is 9.39. The Morgan fingerprint density at radius 1 is 0.929 bits per heavy atom. The molecule has 0 aliphatic carbocycles. The van der Waals surface area contributed by atoms with Crippen LogP contribution in [0.1, 0.15) is 29.7 Å². The highest BCUT2D eigenvalue weighted by Crippen LogP contribution is 2.25. The summed E-state index contributed by atoms with van der Waals surface area (Å²) in [5.74, 6) is -0.0633. The normalized spacial score (nSPS) is 15.9. The summed E-state index contributed by atoms with van der Waals surface area (Å²) in [6.07, 6.45) is 0. The van der Waals surface area contributed by atoms with Gasteiger partial charge in [-0.05, 0) is 36.6 Å². The minimum atomic E-state index is -0.263. The quantitative estimate of drug-likeness (QED) is 0.803. The van der Waals surface area contributed by atoms with Crippen LogP contribution in [0.25, 0.3) is 0 Å². The maximum Gasteiger partial charge on any atom is 0.227 e. The Labute approximate surface area is 180 Å². The number of benzene rings is 2. The minimum absolute atomic E-state index is 0. The maximum absolute atomic E-state index is 12.9. The molecule has 0 aromatic heterocycles. The molecule has 1 aliphatic heterocycles. The van der Waals surface area contributed by atoms with Crippen LogP contribution in [0.15, 0.2) is 48.5 Å². The SMILES string of the molecule is Cc1cccc(N2CCN(C(=O)C(C)C(N)c3ccccc3)CC2)c1C.Cl.Cl. The molecule has 154 valence electrons. The van der Waals surface area contributed by atoms with E-state index in [1.165, 1.54) is 16.8 Å². The monoisotopic (exact) mass is 423 g/mol. The maximum atomic E-state index is 12.9. The van der Waals surface area contributed by atoms with E-state index >= 15 is 0 Å². The summed E-state index contributed by atoms with van der Waals surface area (Å²) in [6, 6.07) is 16.1. The third-order valence-electron chi connectivity index (χ3n) is 5.62. The van der Waals surface area contributed by atoms with Crippen LogP contribution in [0, 0.1) is 19.8 Å². The van der Waals surface area contributed by atoms with Crippen LogP contribution in [-0.4, -0.2) is 37.0 Å². The predicted molar refractivity (Wildman–Crippen MR) is 122 cm³/mol. The molecule has 28 heavy (non-hydrogen) atoms. The van der Waals surface area contributed by atoms with Crippen LogP contribution in [-0.2, 0) is 4.79 Å². The predicted octanol–water partition coefficient (Wildman–Crippen LogP) is 4.13. The number of carbonyl (C=O) groups excluding carboxylic acids is 1. The lowest BCUT2D eigenvalue weighted by Gasteiger charge is -2.38. The number of anilines is 1. The largest absolute Gasteiger partial charge is 0.368 e. The molecule has 1 heterocycles. The molecule has 0 radical (unpaired) electrons. The fourth-order valence-electron chi connectivity index (χ4n) is 3.65. The number of halogens is 2. The van der Waals surface area contributed by atoms with Gasteiger partial charge < -0.3 is 15.5 Å². The Morgan fingerprint density at radius 3 is 2.14 bits per heavy atom. The lowest BCUT2D eigenvalue weighted by molar-refractivity contribution is -0.136. The van der Waals surface area contributed by atoms with E-state index in [0.29, 0.717) is 0 Å². The van der Waals surface area contributed by atoms with Crippen LogP contribution in [0.3, 0.4) is 0 Å². The lowest BCUT2D eigenvalue weighted by Crippen LogP contribution is -2.51. The number of amides is 1. The summed E-state index contributed by atoms with van der Waals surface area (Å²) in [6.45, 7) is 9.48. The van der Waals surface area contributed by atoms with Crippen molar-refractivity contribution >= 4 is 36.4 Å². The number of nitrogens with zero attached hydrogens (tertiary/aromatic N) is 2. The molecule has 6 heteroatoms. The van der Waals surface area contributed by atoms with E-state index in [0.717, 1.165) is 31.7 Å². The van der Waals surface area contributed by atoms with Gasteiger partial charge in [0.25, 0.3) is 0 Å². The molecule has 2 atom stereocenters. The van der Waals surface area contributed by atoms with Gasteiger partial charge >= 0.3 is 0 Å². The van der Waals surface area contributed by atoms with E-state index in [4.69, 9.17) is 5.73 Å². The first-order chi connectivity index (χ1) is 12.5. The second-order valence-corrected chi connectivity index (χ2v) is 7.26. The van der Waals surface area contributed by atoms with E-state index in [1.807, 2.05) is 42.2 Å². The molecule has 2 aromatic carbocycles. The summed E-state index contributed by atoms with van der Waals surface area (Å²) in [5.41, 5.74) is 11.3. The molecule has 3 rings (SSSR count). The van der Waals surface area contributed by atoms with Gasteiger partial charge in [0.05, 0.1) is 5.92 Å². The second kappa shape index (κ2) is 10.7. The van der Waals surface area contributed by atoms with Gasteiger partial charge in [-0.15, -0.1) is 24.8 Å². The lowest BCUT2D eigenvalue weighted by atomic mass is 9.94. The van der Waals surface area contributed by atoms with Crippen LogP contribution < -0.4 is 10.6 Å². The van der Waals surface area contributed by atoms with Crippen molar-refractivity contribution in [1.29, 1.82) is 0 Å². The zero-order chi connectivity index (χ0) is 18.7. The molecule has 1 fully saturated rings. The molecular weight excluding hydrogens is 393 g/mol. The van der Waals surface area contributed by atoms with Crippen molar-refractivity contribution in [2.24, 2.45) is 11.7 Å². The summed E-state index contributed by atoms with van der Waals surface area (Å²) in [4.78, 5) is 17.3. The summed E-state index contributed by atoms with van der Waals surface area (Å²) in [7, 11) is 0. The molecule has 2 N–H and O–H groups in total. The fourth-order valence-corrected chi connectivity index (χ4v) is 3.65. The average molecular weight is 424 g/mol. The van der Waals surface area contributed by atoms with Crippen LogP contribution in [0.5, 0.6) is 0 Å². The first-order valence-electron chi connectivity index (χ1n) is 9.39. The Hall–Kier alpha value is -1.75. The first kappa shape index (κ1) is 24.3. The number of hydrogen-bond acceptors (Lipinski definition) is 3. The van der Waals surface area contributed by atoms with E-state index < -0.39 is 0 Å². The zero-order valence-corrected chi connectivity index (χ0v) is 18.4. The van der Waals surface area contributed by atoms with Crippen molar-refractivity contribution in [3.05, 3.63) is 65.2 Å². The van der Waals surface area contributed by atoms with Gasteiger partial charge in [-0.25, -0.2) is 0 Å². The Morgan fingerprint density at radius 2 is 1.54 bits per heavy atom. The van der Waals surface area contributed by atoms with Crippen LogP contribution in [0.2, 0.25) is 0 Å². The van der Waals surface area contributed by atoms with E-state index in [1.54, 1.807) is 0 Å². The molecule has 2 unspecified atom stereocenters. The van der Waals surface area contributed by atoms with Crippen molar-refractivity contribution in [1.82, 2.24) is 4.90 Å². The smallest absolute Gasteiger partial charge is 0.227 e. The summed E-state index contributed by atoms with van der Waals surface area (Å²) < 4.78 is 0. The van der Waals surface area contributed by atoms with E-state index in [9.17, 15) is 4.79 Å². The molecule has 4 nitrogen and oxygen atoms in total. The van der Waals surface area contributed by atoms with Crippen molar-refractivity contribution in [3.8, 4) is 0 Å². The standard InChI is InChI=1S/C22H29N3O.2ClH/c1-16-8-7-11-20(17(16)2)24-12-14-25(15-13-24)22(26)18(3)21(23)19-9-5-4-6-10-19;;/h4-11,18,21H,12-15,23H2,1-3H3;2*1H. The highest BCUT2D eigenvalue weighted by Gasteiger charge is 2.29. The zero-order valence-electron chi connectivity index (χ0n) is 16.8. The van der Waals surface area contributed by atoms with Gasteiger partial charge in [0.2, 0.25) is 5.91 Å². The molecular formula is C22H31Cl2N3O. The van der Waals surface area contributed by atoms with Gasteiger partial charge in [-0.1, -0.05) is 49.4 Å².